The smallest absolute Gasteiger partial charge is 0.364 e. The van der Waals surface area contributed by atoms with Crippen LogP contribution in [-0.4, -0.2) is 269 Å². The minimum Gasteiger partial charge on any atom is -0.502 e. The van der Waals surface area contributed by atoms with Crippen molar-refractivity contribution in [3.05, 3.63) is 33.9 Å². The number of nitro groups is 1. The number of aliphatic hydroxyl groups is 12. The van der Waals surface area contributed by atoms with Crippen molar-refractivity contribution in [2.24, 2.45) is 0 Å². The largest absolute Gasteiger partial charge is 0.502 e. The number of carbonyl (C=O) groups is 4. The number of amides is 2. The van der Waals surface area contributed by atoms with Crippen LogP contribution in [0.3, 0.4) is 0 Å². The monoisotopic (exact) mass is 1130 g/mol. The number of carboxylic acids is 1. The maximum Gasteiger partial charge on any atom is 0.364 e. The van der Waals surface area contributed by atoms with E-state index in [1.165, 1.54) is 7.11 Å². The molecular formula is C46H71N3O29. The van der Waals surface area contributed by atoms with E-state index >= 15 is 0 Å². The Labute approximate surface area is 444 Å². The van der Waals surface area contributed by atoms with Crippen molar-refractivity contribution in [3.63, 3.8) is 0 Å². The summed E-state index contributed by atoms with van der Waals surface area (Å²) in [7, 11) is 1.28. The number of rotatable bonds is 27. The molecule has 32 nitrogen and oxygen atoms in total. The van der Waals surface area contributed by atoms with Gasteiger partial charge in [-0.2, -0.15) is 0 Å². The number of carbonyl (C=O) groups excluding carboxylic acids is 3. The molecule has 78 heavy (non-hydrogen) atoms. The highest BCUT2D eigenvalue weighted by Crippen LogP contribution is 2.40. The Hall–Kier alpha value is -4.50. The molecule has 1 aromatic rings. The first-order valence-electron chi connectivity index (χ1n) is 25.0. The Morgan fingerprint density at radius 3 is 1.92 bits per heavy atom. The third-order valence-electron chi connectivity index (χ3n) is 13.6. The van der Waals surface area contributed by atoms with Gasteiger partial charge in [-0.1, -0.05) is 25.7 Å². The Bertz CT molecular complexity index is 2130. The number of aliphatic hydroxyl groups excluding tert-OH is 12. The van der Waals surface area contributed by atoms with E-state index in [0.717, 1.165) is 31.5 Å². The lowest BCUT2D eigenvalue weighted by atomic mass is 9.88. The second-order valence-electron chi connectivity index (χ2n) is 19.1. The number of methoxy groups -OCH3 is 1. The van der Waals surface area contributed by atoms with Crippen molar-refractivity contribution >= 4 is 29.4 Å². The molecule has 16 N–H and O–H groups in total. The van der Waals surface area contributed by atoms with Gasteiger partial charge in [-0.25, -0.2) is 4.79 Å². The van der Waals surface area contributed by atoms with E-state index in [0.29, 0.717) is 32.1 Å². The number of phenolic OH excluding ortho intramolecular Hbond substituents is 1. The molecule has 4 saturated heterocycles. The first-order valence-corrected chi connectivity index (χ1v) is 25.0. The fourth-order valence-electron chi connectivity index (χ4n) is 9.37. The van der Waals surface area contributed by atoms with E-state index < -0.39 is 201 Å². The molecule has 444 valence electrons. The number of hydrogen-bond donors (Lipinski definition) is 16. The van der Waals surface area contributed by atoms with Crippen molar-refractivity contribution in [2.75, 3.05) is 40.1 Å². The summed E-state index contributed by atoms with van der Waals surface area (Å²) in [6.07, 6.45) is -34.4. The van der Waals surface area contributed by atoms with Crippen molar-refractivity contribution in [3.8, 4) is 5.75 Å². The first kappa shape index (κ1) is 64.3. The standard InChI is InChI=1S/C46H71N3O29/c1-19(54)47-29-23(56)14-46(45(66)67,77-38(29)31(59)24(57)15-50)78-40-33(61)26(17-52)73-44(36(40)64)75-37-27(18-53)74-42(71-12-8-6-4-3-5-7-9-28(58)70-2)30(48-41(65)20-10-11-21(49(68)69)22(55)13-20)39(37)76-43-35(63)34(62)32(60)25(16-51)72-43/h10-11,13,23-27,29-40,42-44,50-53,55-57,59-64H,3-9,12,14-18H2,1-2H3,(H,47,54)(H,48,65)(H,66,67)/t23?,24?,25?,26?,27?,29-,30?,31?,32-,33+,34?,35?,36?,37-,38?,39?,40?,42-,43+,44?,46+/m1/s1. The van der Waals surface area contributed by atoms with E-state index in [-0.39, 0.29) is 19.0 Å². The van der Waals surface area contributed by atoms with Gasteiger partial charge >= 0.3 is 17.6 Å². The van der Waals surface area contributed by atoms with Crippen LogP contribution in [0.5, 0.6) is 5.75 Å². The van der Waals surface area contributed by atoms with Crippen LogP contribution in [0.1, 0.15) is 68.6 Å². The van der Waals surface area contributed by atoms with Gasteiger partial charge in [0, 0.05) is 38.0 Å². The lowest BCUT2D eigenvalue weighted by Gasteiger charge is -2.51. The highest BCUT2D eigenvalue weighted by molar-refractivity contribution is 5.95. The van der Waals surface area contributed by atoms with E-state index in [9.17, 15) is 101 Å². The van der Waals surface area contributed by atoms with E-state index in [4.69, 9.17) is 37.9 Å². The van der Waals surface area contributed by atoms with Crippen LogP contribution in [0.25, 0.3) is 0 Å². The number of aromatic hydroxyl groups is 1. The molecule has 4 aliphatic rings. The number of nitro benzene ring substituents is 1. The van der Waals surface area contributed by atoms with Gasteiger partial charge in [-0.3, -0.25) is 24.5 Å². The van der Waals surface area contributed by atoms with E-state index in [1.807, 2.05) is 0 Å². The molecule has 5 rings (SSSR count). The lowest BCUT2D eigenvalue weighted by molar-refractivity contribution is -0.391. The van der Waals surface area contributed by atoms with Crippen LogP contribution in [0.4, 0.5) is 5.69 Å². The molecule has 4 fully saturated rings. The third-order valence-corrected chi connectivity index (χ3v) is 13.6. The normalized spacial score (nSPS) is 36.0. The molecule has 2 amide bonds. The number of esters is 1. The minimum absolute atomic E-state index is 0.141. The van der Waals surface area contributed by atoms with Gasteiger partial charge in [-0.05, 0) is 25.0 Å². The topological polar surface area (TPSA) is 502 Å². The minimum atomic E-state index is -3.23. The second kappa shape index (κ2) is 29.3. The molecule has 0 saturated carbocycles. The fourth-order valence-corrected chi connectivity index (χ4v) is 9.37. The number of nitrogens with one attached hydrogen (secondary N) is 2. The zero-order valence-electron chi connectivity index (χ0n) is 42.3. The highest BCUT2D eigenvalue weighted by atomic mass is 16.8. The maximum atomic E-state index is 14.2. The van der Waals surface area contributed by atoms with Gasteiger partial charge < -0.3 is 125 Å². The Morgan fingerprint density at radius 2 is 1.35 bits per heavy atom. The van der Waals surface area contributed by atoms with Crippen LogP contribution in [0.15, 0.2) is 18.2 Å². The lowest BCUT2D eigenvalue weighted by Crippen LogP contribution is -2.71. The zero-order chi connectivity index (χ0) is 57.8. The molecule has 4 aliphatic heterocycles. The number of phenols is 1. The van der Waals surface area contributed by atoms with Gasteiger partial charge in [-0.15, -0.1) is 0 Å². The summed E-state index contributed by atoms with van der Waals surface area (Å²) in [5, 5.41) is 167. The van der Waals surface area contributed by atoms with Gasteiger partial charge in [0.2, 0.25) is 5.91 Å². The maximum absolute atomic E-state index is 14.2. The molecule has 4 heterocycles. The molecule has 0 bridgehead atoms. The van der Waals surface area contributed by atoms with Crippen molar-refractivity contribution < 1.29 is 138 Å². The number of carboxylic acid groups (broad SMARTS) is 1. The number of aliphatic carboxylic acids is 1. The van der Waals surface area contributed by atoms with Crippen LogP contribution in [-0.2, 0) is 57.0 Å². The Balaban J connectivity index is 1.55. The summed E-state index contributed by atoms with van der Waals surface area (Å²) in [4.78, 5) is 61.5. The number of ether oxygens (including phenoxy) is 9. The summed E-state index contributed by atoms with van der Waals surface area (Å²) in [6, 6.07) is -0.978. The fraction of sp³-hybridized carbons (Fsp3) is 0.783. The molecular weight excluding hydrogens is 1060 g/mol. The summed E-state index contributed by atoms with van der Waals surface area (Å²) < 4.78 is 52.3. The summed E-state index contributed by atoms with van der Waals surface area (Å²) in [6.45, 7) is -3.47. The van der Waals surface area contributed by atoms with Gasteiger partial charge in [0.05, 0.1) is 50.6 Å². The predicted octanol–water partition coefficient (Wildman–Crippen LogP) is -6.42. The molecule has 0 aromatic heterocycles. The first-order chi connectivity index (χ1) is 37.0. The number of unbranched alkanes of at least 4 members (excludes halogenated alkanes) is 5. The van der Waals surface area contributed by atoms with Crippen LogP contribution >= 0.6 is 0 Å². The van der Waals surface area contributed by atoms with Crippen molar-refractivity contribution in [2.45, 2.75) is 187 Å². The van der Waals surface area contributed by atoms with Gasteiger partial charge in [0.25, 0.3) is 11.7 Å². The van der Waals surface area contributed by atoms with E-state index in [2.05, 4.69) is 15.4 Å². The molecule has 14 unspecified atom stereocenters. The molecule has 0 aliphatic carbocycles. The molecule has 0 radical (unpaired) electrons. The second-order valence-corrected chi connectivity index (χ2v) is 19.1. The molecule has 0 spiro atoms. The molecule has 32 heteroatoms. The molecule has 21 atom stereocenters. The van der Waals surface area contributed by atoms with Crippen LogP contribution in [0.2, 0.25) is 0 Å². The summed E-state index contributed by atoms with van der Waals surface area (Å²) in [5.41, 5.74) is -1.21. The third kappa shape index (κ3) is 15.5. The number of nitrogens with zero attached hydrogens (tertiary/aromatic N) is 1. The van der Waals surface area contributed by atoms with Gasteiger partial charge in [0.1, 0.15) is 91.5 Å². The van der Waals surface area contributed by atoms with Crippen LogP contribution < -0.4 is 10.6 Å². The molecule has 1 aromatic carbocycles. The number of hydrogen-bond acceptors (Lipinski definition) is 28. The highest BCUT2D eigenvalue weighted by Gasteiger charge is 2.61. The summed E-state index contributed by atoms with van der Waals surface area (Å²) in [5.74, 6) is -8.56. The zero-order valence-corrected chi connectivity index (χ0v) is 42.3. The quantitative estimate of drug-likeness (QED) is 0.0169. The Morgan fingerprint density at radius 1 is 0.756 bits per heavy atom. The average Bonchev–Trinajstić information content (AvgIpc) is 3.51. The summed E-state index contributed by atoms with van der Waals surface area (Å²) >= 11 is 0. The predicted molar refractivity (Wildman–Crippen MR) is 251 cm³/mol. The van der Waals surface area contributed by atoms with Crippen molar-refractivity contribution in [1.29, 1.82) is 0 Å². The average molecular weight is 1130 g/mol. The van der Waals surface area contributed by atoms with Crippen molar-refractivity contribution in [1.82, 2.24) is 10.6 Å². The van der Waals surface area contributed by atoms with E-state index in [1.54, 1.807) is 0 Å². The Kier molecular flexibility index (Phi) is 24.1. The number of benzene rings is 1. The van der Waals surface area contributed by atoms with Crippen LogP contribution in [0, 0.1) is 10.1 Å². The van der Waals surface area contributed by atoms with Gasteiger partial charge in [0.15, 0.2) is 24.6 Å². The SMILES string of the molecule is COC(=O)CCCCCCCCO[C@@H]1OC(CO)[C@@H](OC2OC(CO)[C@H](O)C(O[C@]3(C(=O)O)CC(O)[C@@H](NC(C)=O)C(C(O)C(O)CO)O3)C2O)C(O[C@@H]2OC(CO)[C@@H](O)C(O)C2O)C1NC(=O)c1ccc([N+](=O)[O-])c(O)c1.